The lowest BCUT2D eigenvalue weighted by Crippen LogP contribution is -2.30. The second kappa shape index (κ2) is 8.40. The van der Waals surface area contributed by atoms with Crippen LogP contribution in [0.15, 0.2) is 59.1 Å². The minimum absolute atomic E-state index is 0.0730. The number of carbonyl (C=O) groups is 1. The molecule has 3 rings (SSSR count). The summed E-state index contributed by atoms with van der Waals surface area (Å²) in [6, 6.07) is 17.5. The smallest absolute Gasteiger partial charge is 0.241 e. The van der Waals surface area contributed by atoms with Crippen LogP contribution in [0.1, 0.15) is 18.4 Å². The Morgan fingerprint density at radius 1 is 1.12 bits per heavy atom. The number of likely N-dealkylation sites (N-methyl/N-ethyl adjacent to an activating group) is 1. The standard InChI is InChI=1S/C20H22N4O2/c1-3-15-9-7-8-12-17(15)21-18(25)13-24(2)14-19-22-20(23-26-19)16-10-5-4-6-11-16/h4-12H,3,13-14H2,1-2H3,(H,21,25). The molecule has 0 atom stereocenters. The molecule has 2 aromatic carbocycles. The lowest BCUT2D eigenvalue weighted by Gasteiger charge is -2.15. The molecule has 0 fully saturated rings. The third-order valence-corrected chi connectivity index (χ3v) is 3.99. The molecular formula is C20H22N4O2. The van der Waals surface area contributed by atoms with Crippen molar-refractivity contribution >= 4 is 11.6 Å². The van der Waals surface area contributed by atoms with Crippen LogP contribution in [0.25, 0.3) is 11.4 Å². The Morgan fingerprint density at radius 3 is 2.62 bits per heavy atom. The van der Waals surface area contributed by atoms with Gasteiger partial charge in [0, 0.05) is 11.3 Å². The summed E-state index contributed by atoms with van der Waals surface area (Å²) in [5, 5.41) is 6.96. The molecule has 0 unspecified atom stereocenters. The first-order valence-electron chi connectivity index (χ1n) is 8.60. The Labute approximate surface area is 152 Å². The summed E-state index contributed by atoms with van der Waals surface area (Å²) in [4.78, 5) is 18.5. The average molecular weight is 350 g/mol. The van der Waals surface area contributed by atoms with Gasteiger partial charge < -0.3 is 9.84 Å². The van der Waals surface area contributed by atoms with Crippen LogP contribution in [0.3, 0.4) is 0 Å². The molecule has 0 aliphatic heterocycles. The van der Waals surface area contributed by atoms with Gasteiger partial charge in [-0.1, -0.05) is 60.6 Å². The number of nitrogens with zero attached hydrogens (tertiary/aromatic N) is 3. The Bertz CT molecular complexity index is 861. The third kappa shape index (κ3) is 4.55. The van der Waals surface area contributed by atoms with Crippen molar-refractivity contribution in [1.29, 1.82) is 0 Å². The van der Waals surface area contributed by atoms with E-state index >= 15 is 0 Å². The van der Waals surface area contributed by atoms with E-state index in [4.69, 9.17) is 4.52 Å². The van der Waals surface area contributed by atoms with Crippen molar-refractivity contribution in [1.82, 2.24) is 15.0 Å². The van der Waals surface area contributed by atoms with E-state index in [-0.39, 0.29) is 12.5 Å². The topological polar surface area (TPSA) is 71.3 Å². The largest absolute Gasteiger partial charge is 0.338 e. The Morgan fingerprint density at radius 2 is 1.85 bits per heavy atom. The molecule has 134 valence electrons. The summed E-state index contributed by atoms with van der Waals surface area (Å²) >= 11 is 0. The first kappa shape index (κ1) is 17.8. The van der Waals surface area contributed by atoms with Crippen LogP contribution in [0.5, 0.6) is 0 Å². The molecule has 1 aromatic heterocycles. The minimum Gasteiger partial charge on any atom is -0.338 e. The lowest BCUT2D eigenvalue weighted by atomic mass is 10.1. The highest BCUT2D eigenvalue weighted by Gasteiger charge is 2.13. The van der Waals surface area contributed by atoms with E-state index in [1.807, 2.05) is 66.5 Å². The van der Waals surface area contributed by atoms with Gasteiger partial charge in [-0.15, -0.1) is 0 Å². The summed E-state index contributed by atoms with van der Waals surface area (Å²) in [7, 11) is 1.84. The maximum Gasteiger partial charge on any atom is 0.241 e. The van der Waals surface area contributed by atoms with Gasteiger partial charge in [0.2, 0.25) is 17.6 Å². The SMILES string of the molecule is CCc1ccccc1NC(=O)CN(C)Cc1nc(-c2ccccc2)no1. The van der Waals surface area contributed by atoms with Crippen molar-refractivity contribution < 1.29 is 9.32 Å². The van der Waals surface area contributed by atoms with E-state index in [1.54, 1.807) is 0 Å². The van der Waals surface area contributed by atoms with Gasteiger partial charge in [-0.2, -0.15) is 4.98 Å². The number of anilines is 1. The maximum atomic E-state index is 12.3. The zero-order chi connectivity index (χ0) is 18.4. The van der Waals surface area contributed by atoms with Gasteiger partial charge in [-0.25, -0.2) is 0 Å². The predicted octanol–water partition coefficient (Wildman–Crippen LogP) is 3.37. The number of hydrogen-bond donors (Lipinski definition) is 1. The number of para-hydroxylation sites is 1. The van der Waals surface area contributed by atoms with Crippen molar-refractivity contribution in [2.75, 3.05) is 18.9 Å². The molecule has 1 amide bonds. The van der Waals surface area contributed by atoms with Gasteiger partial charge in [0.15, 0.2) is 0 Å². The van der Waals surface area contributed by atoms with Crippen molar-refractivity contribution in [3.8, 4) is 11.4 Å². The molecule has 26 heavy (non-hydrogen) atoms. The number of hydrogen-bond acceptors (Lipinski definition) is 5. The molecule has 0 spiro atoms. The summed E-state index contributed by atoms with van der Waals surface area (Å²) < 4.78 is 5.29. The van der Waals surface area contributed by atoms with Gasteiger partial charge in [0.1, 0.15) is 0 Å². The molecular weight excluding hydrogens is 328 g/mol. The summed E-state index contributed by atoms with van der Waals surface area (Å²) in [5.41, 5.74) is 2.88. The minimum atomic E-state index is -0.0730. The van der Waals surface area contributed by atoms with E-state index in [9.17, 15) is 4.79 Å². The Hall–Kier alpha value is -2.99. The van der Waals surface area contributed by atoms with Crippen LogP contribution in [-0.2, 0) is 17.8 Å². The van der Waals surface area contributed by atoms with Gasteiger partial charge >= 0.3 is 0 Å². The molecule has 6 heteroatoms. The quantitative estimate of drug-likeness (QED) is 0.707. The number of benzene rings is 2. The monoisotopic (exact) mass is 350 g/mol. The second-order valence-corrected chi connectivity index (χ2v) is 6.11. The van der Waals surface area contributed by atoms with Crippen LogP contribution in [0.4, 0.5) is 5.69 Å². The average Bonchev–Trinajstić information content (AvgIpc) is 3.11. The van der Waals surface area contributed by atoms with Crippen LogP contribution in [0, 0.1) is 0 Å². The molecule has 6 nitrogen and oxygen atoms in total. The van der Waals surface area contributed by atoms with Crippen molar-refractivity contribution in [2.24, 2.45) is 0 Å². The zero-order valence-electron chi connectivity index (χ0n) is 15.0. The molecule has 1 N–H and O–H groups in total. The Balaban J connectivity index is 1.56. The highest BCUT2D eigenvalue weighted by atomic mass is 16.5. The van der Waals surface area contributed by atoms with E-state index in [1.165, 1.54) is 0 Å². The van der Waals surface area contributed by atoms with E-state index in [2.05, 4.69) is 22.4 Å². The second-order valence-electron chi connectivity index (χ2n) is 6.11. The van der Waals surface area contributed by atoms with E-state index < -0.39 is 0 Å². The summed E-state index contributed by atoms with van der Waals surface area (Å²) in [6.45, 7) is 2.71. The maximum absolute atomic E-state index is 12.3. The lowest BCUT2D eigenvalue weighted by molar-refractivity contribution is -0.117. The molecule has 3 aromatic rings. The number of rotatable bonds is 7. The third-order valence-electron chi connectivity index (χ3n) is 3.99. The fourth-order valence-corrected chi connectivity index (χ4v) is 2.70. The van der Waals surface area contributed by atoms with E-state index in [0.29, 0.717) is 18.3 Å². The van der Waals surface area contributed by atoms with E-state index in [0.717, 1.165) is 23.2 Å². The molecule has 0 aliphatic rings. The summed E-state index contributed by atoms with van der Waals surface area (Å²) in [5.74, 6) is 0.958. The highest BCUT2D eigenvalue weighted by molar-refractivity contribution is 5.92. The van der Waals surface area contributed by atoms with Gasteiger partial charge in [-0.05, 0) is 25.1 Å². The van der Waals surface area contributed by atoms with Gasteiger partial charge in [0.25, 0.3) is 0 Å². The van der Waals surface area contributed by atoms with Crippen molar-refractivity contribution in [3.63, 3.8) is 0 Å². The normalized spacial score (nSPS) is 10.9. The number of amides is 1. The van der Waals surface area contributed by atoms with Crippen LogP contribution in [0.2, 0.25) is 0 Å². The first-order chi connectivity index (χ1) is 12.7. The van der Waals surface area contributed by atoms with Crippen LogP contribution in [-0.4, -0.2) is 34.5 Å². The van der Waals surface area contributed by atoms with Crippen molar-refractivity contribution in [3.05, 3.63) is 66.1 Å². The molecule has 0 bridgehead atoms. The number of aryl methyl sites for hydroxylation is 1. The van der Waals surface area contributed by atoms with Crippen LogP contribution >= 0.6 is 0 Å². The number of nitrogens with one attached hydrogen (secondary N) is 1. The predicted molar refractivity (Wildman–Crippen MR) is 101 cm³/mol. The Kier molecular flexibility index (Phi) is 5.76. The summed E-state index contributed by atoms with van der Waals surface area (Å²) in [6.07, 6.45) is 0.872. The molecule has 0 saturated heterocycles. The fraction of sp³-hybridized carbons (Fsp3) is 0.250. The van der Waals surface area contributed by atoms with Gasteiger partial charge in [0.05, 0.1) is 13.1 Å². The first-order valence-corrected chi connectivity index (χ1v) is 8.60. The van der Waals surface area contributed by atoms with Gasteiger partial charge in [-0.3, -0.25) is 9.69 Å². The molecule has 1 heterocycles. The molecule has 0 radical (unpaired) electrons. The zero-order valence-corrected chi connectivity index (χ0v) is 15.0. The number of carbonyl (C=O) groups excluding carboxylic acids is 1. The fourth-order valence-electron chi connectivity index (χ4n) is 2.70. The molecule has 0 saturated carbocycles. The number of aromatic nitrogens is 2. The van der Waals surface area contributed by atoms with Crippen molar-refractivity contribution in [2.45, 2.75) is 19.9 Å². The molecule has 0 aliphatic carbocycles. The van der Waals surface area contributed by atoms with Crippen LogP contribution < -0.4 is 5.32 Å². The highest BCUT2D eigenvalue weighted by Crippen LogP contribution is 2.16.